The average molecular weight is 266 g/mol. The first kappa shape index (κ1) is 15.0. The highest BCUT2D eigenvalue weighted by Gasteiger charge is 2.13. The third kappa shape index (κ3) is 4.65. The Kier molecular flexibility index (Phi) is 6.73. The first-order chi connectivity index (χ1) is 8.69. The lowest BCUT2D eigenvalue weighted by molar-refractivity contribution is 0.175. The van der Waals surface area contributed by atoms with Crippen molar-refractivity contribution in [2.45, 2.75) is 52.1 Å². The number of unbranched alkanes of at least 4 members (excludes halogenated alkanes) is 2. The topological polar surface area (TPSA) is 29.5 Å². The van der Waals surface area contributed by atoms with Crippen LogP contribution in [0.2, 0.25) is 0 Å². The van der Waals surface area contributed by atoms with Crippen LogP contribution in [-0.4, -0.2) is 16.3 Å². The van der Waals surface area contributed by atoms with Crippen LogP contribution in [0.25, 0.3) is 0 Å². The van der Waals surface area contributed by atoms with Gasteiger partial charge in [-0.25, -0.2) is 0 Å². The van der Waals surface area contributed by atoms with E-state index < -0.39 is 0 Å². The number of hydrogen-bond donors (Lipinski definition) is 1. The van der Waals surface area contributed by atoms with E-state index in [4.69, 9.17) is 17.0 Å². The van der Waals surface area contributed by atoms with E-state index in [1.807, 2.05) is 6.07 Å². The van der Waals surface area contributed by atoms with Crippen LogP contribution in [0, 0.1) is 0 Å². The molecule has 2 nitrogen and oxygen atoms in total. The number of phenolic OH excluding ortho intramolecular Hbond substituents is 1. The number of benzene rings is 1. The van der Waals surface area contributed by atoms with Crippen molar-refractivity contribution in [3.05, 3.63) is 29.8 Å². The molecule has 1 unspecified atom stereocenters. The Morgan fingerprint density at radius 2 is 2.00 bits per heavy atom. The number of phenols is 1. The third-order valence-corrected chi connectivity index (χ3v) is 3.30. The zero-order valence-corrected chi connectivity index (χ0v) is 12.0. The number of rotatable bonds is 7. The molecule has 0 saturated heterocycles. The normalized spacial score (nSPS) is 12.1. The van der Waals surface area contributed by atoms with Gasteiger partial charge in [0.15, 0.2) is 5.05 Å². The lowest BCUT2D eigenvalue weighted by atomic mass is 10.1. The van der Waals surface area contributed by atoms with Crippen LogP contribution >= 0.6 is 12.2 Å². The Morgan fingerprint density at radius 3 is 2.61 bits per heavy atom. The van der Waals surface area contributed by atoms with Crippen LogP contribution in [0.4, 0.5) is 0 Å². The first-order valence-electron chi connectivity index (χ1n) is 6.68. The number of para-hydroxylation sites is 1. The van der Waals surface area contributed by atoms with Crippen LogP contribution in [0.3, 0.4) is 0 Å². The highest BCUT2D eigenvalue weighted by Crippen LogP contribution is 2.20. The highest BCUT2D eigenvalue weighted by atomic mass is 32.1. The summed E-state index contributed by atoms with van der Waals surface area (Å²) in [6.45, 7) is 4.29. The summed E-state index contributed by atoms with van der Waals surface area (Å²) < 4.78 is 5.78. The zero-order valence-electron chi connectivity index (χ0n) is 11.2. The van der Waals surface area contributed by atoms with Gasteiger partial charge >= 0.3 is 0 Å². The van der Waals surface area contributed by atoms with Crippen molar-refractivity contribution in [1.29, 1.82) is 0 Å². The lowest BCUT2D eigenvalue weighted by Crippen LogP contribution is -2.16. The average Bonchev–Trinajstić information content (AvgIpc) is 2.38. The Hall–Kier alpha value is -1.09. The van der Waals surface area contributed by atoms with E-state index in [1.54, 1.807) is 18.2 Å². The predicted molar refractivity (Wildman–Crippen MR) is 79.1 cm³/mol. The number of thiocarbonyl (C=S) groups is 1. The Morgan fingerprint density at radius 1 is 1.28 bits per heavy atom. The summed E-state index contributed by atoms with van der Waals surface area (Å²) in [4.78, 5) is 0. The second-order valence-corrected chi connectivity index (χ2v) is 4.82. The van der Waals surface area contributed by atoms with Gasteiger partial charge in [0.1, 0.15) is 5.75 Å². The molecular weight excluding hydrogens is 244 g/mol. The quantitative estimate of drug-likeness (QED) is 0.584. The largest absolute Gasteiger partial charge is 0.507 e. The molecule has 0 spiro atoms. The Labute approximate surface area is 115 Å². The van der Waals surface area contributed by atoms with E-state index in [2.05, 4.69) is 13.8 Å². The van der Waals surface area contributed by atoms with Gasteiger partial charge in [-0.2, -0.15) is 0 Å². The molecule has 0 amide bonds. The molecule has 0 aliphatic carbocycles. The molecule has 1 aromatic carbocycles. The molecule has 3 heteroatoms. The molecular formula is C15H22O2S. The summed E-state index contributed by atoms with van der Waals surface area (Å²) in [6.07, 6.45) is 5.72. The molecule has 18 heavy (non-hydrogen) atoms. The van der Waals surface area contributed by atoms with Gasteiger partial charge in [0.05, 0.1) is 11.7 Å². The standard InChI is InChI=1S/C15H22O2S/c1-3-5-6-9-12(4-2)17-15(18)13-10-7-8-11-14(13)16/h7-8,10-12,16H,3-6,9H2,1-2H3. The smallest absolute Gasteiger partial charge is 0.195 e. The predicted octanol–water partition coefficient (Wildman–Crippen LogP) is 4.44. The van der Waals surface area contributed by atoms with Crippen LogP contribution in [0.5, 0.6) is 5.75 Å². The van der Waals surface area contributed by atoms with Gasteiger partial charge in [-0.05, 0) is 43.6 Å². The number of hydrogen-bond acceptors (Lipinski definition) is 3. The van der Waals surface area contributed by atoms with Gasteiger partial charge < -0.3 is 9.84 Å². The molecule has 0 saturated carbocycles. The lowest BCUT2D eigenvalue weighted by Gasteiger charge is -2.18. The van der Waals surface area contributed by atoms with Crippen molar-refractivity contribution in [1.82, 2.24) is 0 Å². The second-order valence-electron chi connectivity index (χ2n) is 4.45. The minimum atomic E-state index is 0.156. The second kappa shape index (κ2) is 8.09. The molecule has 100 valence electrons. The van der Waals surface area contributed by atoms with E-state index >= 15 is 0 Å². The molecule has 1 N–H and O–H groups in total. The number of aromatic hydroxyl groups is 1. The molecule has 0 bridgehead atoms. The maximum Gasteiger partial charge on any atom is 0.195 e. The Balaban J connectivity index is 2.54. The van der Waals surface area contributed by atoms with E-state index in [1.165, 1.54) is 19.3 Å². The fourth-order valence-corrected chi connectivity index (χ4v) is 2.14. The van der Waals surface area contributed by atoms with E-state index in [0.717, 1.165) is 12.8 Å². The van der Waals surface area contributed by atoms with Gasteiger partial charge in [-0.3, -0.25) is 0 Å². The van der Waals surface area contributed by atoms with Crippen molar-refractivity contribution >= 4 is 17.3 Å². The van der Waals surface area contributed by atoms with Crippen LogP contribution < -0.4 is 0 Å². The van der Waals surface area contributed by atoms with Crippen molar-refractivity contribution in [2.75, 3.05) is 0 Å². The van der Waals surface area contributed by atoms with Gasteiger partial charge in [0.25, 0.3) is 0 Å². The van der Waals surface area contributed by atoms with E-state index in [0.29, 0.717) is 10.6 Å². The van der Waals surface area contributed by atoms with Gasteiger partial charge in [-0.15, -0.1) is 0 Å². The zero-order chi connectivity index (χ0) is 13.4. The molecule has 0 fully saturated rings. The molecule has 1 atom stereocenters. The van der Waals surface area contributed by atoms with E-state index in [-0.39, 0.29) is 11.9 Å². The minimum Gasteiger partial charge on any atom is -0.507 e. The maximum absolute atomic E-state index is 9.71. The summed E-state index contributed by atoms with van der Waals surface area (Å²) in [5.74, 6) is 0.186. The van der Waals surface area contributed by atoms with Gasteiger partial charge in [0.2, 0.25) is 0 Å². The summed E-state index contributed by atoms with van der Waals surface area (Å²) in [7, 11) is 0. The van der Waals surface area contributed by atoms with Crippen molar-refractivity contribution < 1.29 is 9.84 Å². The summed E-state index contributed by atoms with van der Waals surface area (Å²) >= 11 is 5.25. The molecule has 0 aliphatic rings. The summed E-state index contributed by atoms with van der Waals surface area (Å²) in [5, 5.41) is 10.1. The molecule has 0 radical (unpaired) electrons. The Bertz CT molecular complexity index is 377. The fourth-order valence-electron chi connectivity index (χ4n) is 1.83. The first-order valence-corrected chi connectivity index (χ1v) is 7.08. The van der Waals surface area contributed by atoms with Crippen molar-refractivity contribution in [3.63, 3.8) is 0 Å². The molecule has 0 aliphatic heterocycles. The fraction of sp³-hybridized carbons (Fsp3) is 0.533. The van der Waals surface area contributed by atoms with Crippen LogP contribution in [0.15, 0.2) is 24.3 Å². The number of ether oxygens (including phenoxy) is 1. The van der Waals surface area contributed by atoms with Gasteiger partial charge in [0, 0.05) is 0 Å². The van der Waals surface area contributed by atoms with Crippen LogP contribution in [0.1, 0.15) is 51.5 Å². The van der Waals surface area contributed by atoms with Crippen molar-refractivity contribution in [3.8, 4) is 5.75 Å². The highest BCUT2D eigenvalue weighted by molar-refractivity contribution is 7.80. The molecule has 0 heterocycles. The SMILES string of the molecule is CCCCCC(CC)OC(=S)c1ccccc1O. The third-order valence-electron chi connectivity index (χ3n) is 2.98. The molecule has 1 rings (SSSR count). The van der Waals surface area contributed by atoms with Crippen molar-refractivity contribution in [2.24, 2.45) is 0 Å². The summed E-state index contributed by atoms with van der Waals surface area (Å²) in [5.41, 5.74) is 0.612. The van der Waals surface area contributed by atoms with Crippen LogP contribution in [-0.2, 0) is 4.74 Å². The molecule has 1 aromatic rings. The minimum absolute atomic E-state index is 0.156. The molecule has 0 aromatic heterocycles. The van der Waals surface area contributed by atoms with Gasteiger partial charge in [-0.1, -0.05) is 38.8 Å². The summed E-state index contributed by atoms with van der Waals surface area (Å²) in [6, 6.07) is 7.04. The van der Waals surface area contributed by atoms with E-state index in [9.17, 15) is 5.11 Å². The maximum atomic E-state index is 9.71. The monoisotopic (exact) mass is 266 g/mol.